The van der Waals surface area contributed by atoms with Gasteiger partial charge in [-0.2, -0.15) is 48.8 Å². The molecule has 18 atom stereocenters. The number of thioether (sulfide) groups is 4. The van der Waals surface area contributed by atoms with E-state index in [1.807, 2.05) is 103 Å². The molecular weight excluding hydrogens is 1100 g/mol. The molecule has 0 bridgehead atoms. The molecule has 12 N–H and O–H groups in total. The highest BCUT2D eigenvalue weighted by atomic mass is 32.2. The second kappa shape index (κ2) is 40.6. The Morgan fingerprint density at radius 2 is 0.615 bits per heavy atom. The SMILES string of the molecule is CNC[C@@H]1C[C@@H](O)[C@H](S)C1.CNC[C@@H]1C[C@@H](O)[C@H](SC(=O)c2ccccc2)C1.CNC[C@@H]1C[C@@H](O)[C@H](SC)C1.CNC[C@@H]1C[C@H](SC(=O)c2ccccc2)[C@@H](O)C1.CNC[C@@H]1C[C@H](SC)[C@@H](O)C1.CNC[C@H]1C[C@H](O)[C@@H](S)C1. The number of nitrogens with one attached hydrogen (secondary N) is 6. The van der Waals surface area contributed by atoms with E-state index >= 15 is 0 Å². The summed E-state index contributed by atoms with van der Waals surface area (Å²) in [6.45, 7) is 5.94. The topological polar surface area (TPSA) is 228 Å². The highest BCUT2D eigenvalue weighted by Gasteiger charge is 2.37. The molecule has 448 valence electrons. The maximum Gasteiger partial charge on any atom is 0.219 e. The summed E-state index contributed by atoms with van der Waals surface area (Å²) in [5.74, 6) is 3.59. The van der Waals surface area contributed by atoms with E-state index in [4.69, 9.17) is 0 Å². The van der Waals surface area contributed by atoms with Crippen molar-refractivity contribution in [2.75, 3.05) is 94.1 Å². The van der Waals surface area contributed by atoms with Crippen LogP contribution in [-0.4, -0.2) is 203 Å². The highest BCUT2D eigenvalue weighted by molar-refractivity contribution is 8.15. The molecule has 8 rings (SSSR count). The molecule has 0 amide bonds. The molecule has 0 saturated heterocycles. The van der Waals surface area contributed by atoms with Crippen molar-refractivity contribution in [3.05, 3.63) is 71.8 Å². The Balaban J connectivity index is 0.000000251. The molecule has 0 radical (unpaired) electrons. The summed E-state index contributed by atoms with van der Waals surface area (Å²) in [7, 11) is 11.7. The van der Waals surface area contributed by atoms with Crippen LogP contribution in [0.3, 0.4) is 0 Å². The van der Waals surface area contributed by atoms with Crippen molar-refractivity contribution in [3.63, 3.8) is 0 Å². The average molecular weight is 1200 g/mol. The molecular formula is C58H102N6O8S6. The second-order valence-corrected chi connectivity index (χ2v) is 28.0. The van der Waals surface area contributed by atoms with Gasteiger partial charge in [0.15, 0.2) is 0 Å². The predicted octanol–water partition coefficient (Wildman–Crippen LogP) is 5.80. The minimum Gasteiger partial charge on any atom is -0.392 e. The lowest BCUT2D eigenvalue weighted by Gasteiger charge is -2.12. The van der Waals surface area contributed by atoms with E-state index in [2.05, 4.69) is 69.7 Å². The van der Waals surface area contributed by atoms with Crippen LogP contribution in [0.25, 0.3) is 0 Å². The first-order valence-corrected chi connectivity index (χ1v) is 33.7. The van der Waals surface area contributed by atoms with E-state index in [0.717, 1.165) is 103 Å². The summed E-state index contributed by atoms with van der Waals surface area (Å²) in [5.41, 5.74) is 1.43. The minimum absolute atomic E-state index is 0.0380. The second-order valence-electron chi connectivity index (χ2n) is 22.1. The Bertz CT molecular complexity index is 1730. The Labute approximate surface area is 497 Å². The predicted molar refractivity (Wildman–Crippen MR) is 340 cm³/mol. The third kappa shape index (κ3) is 26.5. The molecule has 0 aliphatic heterocycles. The minimum atomic E-state index is -0.360. The summed E-state index contributed by atoms with van der Waals surface area (Å²) < 4.78 is 0. The Hall–Kier alpha value is -0.600. The maximum atomic E-state index is 12.0. The molecule has 78 heavy (non-hydrogen) atoms. The molecule has 6 fully saturated rings. The van der Waals surface area contributed by atoms with E-state index in [1.165, 1.54) is 36.4 Å². The number of hydrogen-bond acceptors (Lipinski definition) is 20. The summed E-state index contributed by atoms with van der Waals surface area (Å²) in [6, 6.07) is 18.5. The number of hydrogen-bond donors (Lipinski definition) is 14. The van der Waals surface area contributed by atoms with Crippen molar-refractivity contribution in [2.45, 2.75) is 145 Å². The number of aliphatic hydroxyl groups excluding tert-OH is 6. The van der Waals surface area contributed by atoms with E-state index < -0.39 is 0 Å². The molecule has 0 aromatic heterocycles. The molecule has 6 aliphatic rings. The van der Waals surface area contributed by atoms with E-state index in [9.17, 15) is 40.2 Å². The van der Waals surface area contributed by atoms with Gasteiger partial charge in [0.1, 0.15) is 0 Å². The molecule has 0 unspecified atom stereocenters. The van der Waals surface area contributed by atoms with Crippen LogP contribution in [0, 0.1) is 35.5 Å². The van der Waals surface area contributed by atoms with Crippen LogP contribution in [0.15, 0.2) is 60.7 Å². The zero-order chi connectivity index (χ0) is 57.6. The van der Waals surface area contributed by atoms with E-state index in [0.29, 0.717) is 57.1 Å². The average Bonchev–Trinajstić information content (AvgIpc) is 4.28. The van der Waals surface area contributed by atoms with E-state index in [-0.39, 0.29) is 67.9 Å². The quantitative estimate of drug-likeness (QED) is 0.0791. The monoisotopic (exact) mass is 1200 g/mol. The smallest absolute Gasteiger partial charge is 0.219 e. The number of carbonyl (C=O) groups is 2. The van der Waals surface area contributed by atoms with Gasteiger partial charge in [0.05, 0.1) is 36.6 Å². The third-order valence-corrected chi connectivity index (χ3v) is 21.4. The standard InChI is InChI=1S/2C14H19NO2S.2C8H17NOS.2C7H15NOS/c2*1-15-9-10-7-12(16)13(8-10)18-14(17)11-5-3-2-4-6-11;2*1-9-5-6-3-7(10)8(4-6)11-2;2*1-8-4-5-2-6(9)7(10)3-5/h2*2-6,10,12-13,15-16H,7-9H2,1H3;2*6-10H,3-5H2,1-2H3;2*5-10H,2-4H2,1H3/t2*10-,12-,13-;2*6-,7-,8-;2*5-,6-,7-/m101010/s1. The lowest BCUT2D eigenvalue weighted by Crippen LogP contribution is -2.17. The third-order valence-electron chi connectivity index (χ3n) is 15.6. The number of thiol groups is 2. The molecule has 14 nitrogen and oxygen atoms in total. The first-order valence-electron chi connectivity index (χ1n) is 28.3. The molecule has 0 heterocycles. The number of carbonyl (C=O) groups excluding carboxylic acids is 2. The lowest BCUT2D eigenvalue weighted by molar-refractivity contribution is 0.107. The molecule has 20 heteroatoms. The number of benzene rings is 2. The Morgan fingerprint density at radius 3 is 0.833 bits per heavy atom. The van der Waals surface area contributed by atoms with Crippen molar-refractivity contribution in [2.24, 2.45) is 35.5 Å². The van der Waals surface area contributed by atoms with Gasteiger partial charge >= 0.3 is 0 Å². The van der Waals surface area contributed by atoms with Gasteiger partial charge in [0.2, 0.25) is 10.2 Å². The van der Waals surface area contributed by atoms with Crippen LogP contribution in [0.5, 0.6) is 0 Å². The normalized spacial score (nSPS) is 33.7. The van der Waals surface area contributed by atoms with Crippen LogP contribution in [0.1, 0.15) is 97.8 Å². The summed E-state index contributed by atoms with van der Waals surface area (Å²) in [4.78, 5) is 24.1. The molecule has 0 spiro atoms. The van der Waals surface area contributed by atoms with Gasteiger partial charge in [-0.1, -0.05) is 84.2 Å². The summed E-state index contributed by atoms with van der Waals surface area (Å²) in [6.07, 6.45) is 14.6. The van der Waals surface area contributed by atoms with Crippen LogP contribution in [0.4, 0.5) is 0 Å². The van der Waals surface area contributed by atoms with Crippen LogP contribution >= 0.6 is 72.3 Å². The zero-order valence-corrected chi connectivity index (χ0v) is 53.0. The van der Waals surface area contributed by atoms with Gasteiger partial charge in [-0.05, 0) is 207 Å². The zero-order valence-electron chi connectivity index (χ0n) is 47.9. The fourth-order valence-electron chi connectivity index (χ4n) is 11.5. The van der Waals surface area contributed by atoms with Crippen molar-refractivity contribution >= 4 is 82.5 Å². The fourth-order valence-corrected chi connectivity index (χ4v) is 16.5. The van der Waals surface area contributed by atoms with Crippen molar-refractivity contribution in [3.8, 4) is 0 Å². The summed E-state index contributed by atoms with van der Waals surface area (Å²) in [5, 5.41) is 78.0. The van der Waals surface area contributed by atoms with Crippen molar-refractivity contribution in [1.82, 2.24) is 31.9 Å². The van der Waals surface area contributed by atoms with Crippen molar-refractivity contribution in [1.29, 1.82) is 0 Å². The lowest BCUT2D eigenvalue weighted by atomic mass is 10.1. The highest BCUT2D eigenvalue weighted by Crippen LogP contribution is 2.38. The molecule has 2 aromatic carbocycles. The number of rotatable bonds is 18. The molecule has 6 aliphatic carbocycles. The van der Waals surface area contributed by atoms with Gasteiger partial charge in [0.25, 0.3) is 0 Å². The first kappa shape index (κ1) is 71.7. The van der Waals surface area contributed by atoms with E-state index in [1.54, 1.807) is 23.5 Å². The van der Waals surface area contributed by atoms with Gasteiger partial charge < -0.3 is 62.5 Å². The van der Waals surface area contributed by atoms with Crippen LogP contribution in [0.2, 0.25) is 0 Å². The Morgan fingerprint density at radius 1 is 0.385 bits per heavy atom. The number of aliphatic hydroxyl groups is 6. The maximum absolute atomic E-state index is 12.0. The van der Waals surface area contributed by atoms with Gasteiger partial charge in [-0.25, -0.2) is 0 Å². The molecule has 2 aromatic rings. The van der Waals surface area contributed by atoms with Crippen LogP contribution < -0.4 is 31.9 Å². The van der Waals surface area contributed by atoms with Gasteiger partial charge in [0, 0.05) is 42.6 Å². The first-order chi connectivity index (χ1) is 37.4. The summed E-state index contributed by atoms with van der Waals surface area (Å²) >= 11 is 14.7. The largest absolute Gasteiger partial charge is 0.392 e. The fraction of sp³-hybridized carbons (Fsp3) is 0.759. The Kier molecular flexibility index (Phi) is 37.3. The molecule has 6 saturated carbocycles. The van der Waals surface area contributed by atoms with Gasteiger partial charge in [-0.3, -0.25) is 9.59 Å². The van der Waals surface area contributed by atoms with Gasteiger partial charge in [-0.15, -0.1) is 0 Å². The van der Waals surface area contributed by atoms with Crippen LogP contribution in [-0.2, 0) is 0 Å². The van der Waals surface area contributed by atoms with Crippen molar-refractivity contribution < 1.29 is 40.2 Å².